The normalized spacial score (nSPS) is 12.4. The summed E-state index contributed by atoms with van der Waals surface area (Å²) in [6.07, 6.45) is 2.73. The molecule has 0 saturated carbocycles. The zero-order chi connectivity index (χ0) is 12.1. The summed E-state index contributed by atoms with van der Waals surface area (Å²) < 4.78 is 5.07. The Labute approximate surface area is 101 Å². The highest BCUT2D eigenvalue weighted by Gasteiger charge is 2.10. The fraction of sp³-hybridized carbons (Fsp3) is 0.214. The van der Waals surface area contributed by atoms with Gasteiger partial charge in [-0.25, -0.2) is 0 Å². The van der Waals surface area contributed by atoms with Crippen LogP contribution in [0, 0.1) is 0 Å². The zero-order valence-corrected chi connectivity index (χ0v) is 9.71. The van der Waals surface area contributed by atoms with E-state index in [0.29, 0.717) is 6.61 Å². The molecule has 17 heavy (non-hydrogen) atoms. The second-order valence-corrected chi connectivity index (χ2v) is 3.87. The number of pyridine rings is 1. The van der Waals surface area contributed by atoms with Crippen molar-refractivity contribution in [3.8, 4) is 0 Å². The largest absolute Gasteiger partial charge is 0.384 e. The van der Waals surface area contributed by atoms with Gasteiger partial charge in [-0.05, 0) is 17.2 Å². The van der Waals surface area contributed by atoms with Crippen molar-refractivity contribution in [2.24, 2.45) is 0 Å². The Balaban J connectivity index is 2.25. The predicted molar refractivity (Wildman–Crippen MR) is 65.5 cm³/mol. The van der Waals surface area contributed by atoms with E-state index in [0.717, 1.165) is 16.7 Å². The minimum absolute atomic E-state index is 0.549. The van der Waals surface area contributed by atoms with E-state index < -0.39 is 6.10 Å². The second-order valence-electron chi connectivity index (χ2n) is 3.87. The molecule has 2 rings (SSSR count). The summed E-state index contributed by atoms with van der Waals surface area (Å²) in [6, 6.07) is 11.4. The van der Waals surface area contributed by atoms with Gasteiger partial charge in [-0.2, -0.15) is 0 Å². The molecule has 0 amide bonds. The number of hydrogen-bond donors (Lipinski definition) is 1. The van der Waals surface area contributed by atoms with Gasteiger partial charge in [0, 0.05) is 25.1 Å². The van der Waals surface area contributed by atoms with E-state index in [1.54, 1.807) is 19.5 Å². The maximum absolute atomic E-state index is 10.2. The van der Waals surface area contributed by atoms with Crippen LogP contribution in [0.15, 0.2) is 48.8 Å². The standard InChI is InChI=1S/C14H15NO2/c1-17-10-11-4-2-5-12(8-11)14(16)13-6-3-7-15-9-13/h2-9,14,16H,10H2,1H3. The van der Waals surface area contributed by atoms with Crippen LogP contribution in [0.4, 0.5) is 0 Å². The highest BCUT2D eigenvalue weighted by molar-refractivity contribution is 5.31. The van der Waals surface area contributed by atoms with Crippen molar-refractivity contribution in [1.29, 1.82) is 0 Å². The number of rotatable bonds is 4. The molecule has 1 aromatic carbocycles. The number of nitrogens with zero attached hydrogens (tertiary/aromatic N) is 1. The lowest BCUT2D eigenvalue weighted by molar-refractivity contribution is 0.184. The van der Waals surface area contributed by atoms with Gasteiger partial charge in [0.25, 0.3) is 0 Å². The molecule has 0 radical (unpaired) electrons. The number of aromatic nitrogens is 1. The Morgan fingerprint density at radius 3 is 2.76 bits per heavy atom. The van der Waals surface area contributed by atoms with Gasteiger partial charge >= 0.3 is 0 Å². The molecule has 0 aliphatic carbocycles. The first-order valence-corrected chi connectivity index (χ1v) is 5.47. The Morgan fingerprint density at radius 2 is 2.06 bits per heavy atom. The molecule has 3 heteroatoms. The van der Waals surface area contributed by atoms with Crippen molar-refractivity contribution in [1.82, 2.24) is 4.98 Å². The number of aliphatic hydroxyl groups excluding tert-OH is 1. The van der Waals surface area contributed by atoms with Crippen molar-refractivity contribution in [2.75, 3.05) is 7.11 Å². The van der Waals surface area contributed by atoms with Crippen LogP contribution in [0.25, 0.3) is 0 Å². The Hall–Kier alpha value is -1.71. The molecule has 0 aliphatic rings. The molecule has 1 atom stereocenters. The lowest BCUT2D eigenvalue weighted by atomic mass is 10.0. The summed E-state index contributed by atoms with van der Waals surface area (Å²) >= 11 is 0. The molecule has 2 aromatic rings. The summed E-state index contributed by atoms with van der Waals surface area (Å²) in [5.74, 6) is 0. The number of ether oxygens (including phenoxy) is 1. The van der Waals surface area contributed by atoms with Gasteiger partial charge in [-0.15, -0.1) is 0 Å². The molecule has 1 N–H and O–H groups in total. The number of benzene rings is 1. The van der Waals surface area contributed by atoms with Crippen LogP contribution >= 0.6 is 0 Å². The number of methoxy groups -OCH3 is 1. The molecule has 0 spiro atoms. The third-order valence-corrected chi connectivity index (χ3v) is 2.58. The number of aliphatic hydroxyl groups is 1. The van der Waals surface area contributed by atoms with Crippen molar-refractivity contribution in [2.45, 2.75) is 12.7 Å². The van der Waals surface area contributed by atoms with Crippen LogP contribution in [0.2, 0.25) is 0 Å². The molecule has 3 nitrogen and oxygen atoms in total. The first-order valence-electron chi connectivity index (χ1n) is 5.47. The fourth-order valence-corrected chi connectivity index (χ4v) is 1.75. The predicted octanol–water partition coefficient (Wildman–Crippen LogP) is 2.31. The minimum atomic E-state index is -0.638. The van der Waals surface area contributed by atoms with Crippen molar-refractivity contribution in [3.05, 3.63) is 65.5 Å². The fourth-order valence-electron chi connectivity index (χ4n) is 1.75. The molecule has 0 fully saturated rings. The highest BCUT2D eigenvalue weighted by Crippen LogP contribution is 2.21. The highest BCUT2D eigenvalue weighted by atomic mass is 16.5. The van der Waals surface area contributed by atoms with Gasteiger partial charge in [-0.3, -0.25) is 4.98 Å². The zero-order valence-electron chi connectivity index (χ0n) is 9.71. The van der Waals surface area contributed by atoms with E-state index in [1.165, 1.54) is 0 Å². The smallest absolute Gasteiger partial charge is 0.106 e. The quantitative estimate of drug-likeness (QED) is 0.874. The lowest BCUT2D eigenvalue weighted by Crippen LogP contribution is -2.01. The molecule has 0 aliphatic heterocycles. The van der Waals surface area contributed by atoms with Gasteiger partial charge in [0.1, 0.15) is 6.10 Å². The summed E-state index contributed by atoms with van der Waals surface area (Å²) in [5.41, 5.74) is 2.70. The lowest BCUT2D eigenvalue weighted by Gasteiger charge is -2.12. The molecule has 0 saturated heterocycles. The summed E-state index contributed by atoms with van der Waals surface area (Å²) in [4.78, 5) is 4.01. The molecular formula is C14H15NO2. The first-order chi connectivity index (χ1) is 8.31. The van der Waals surface area contributed by atoms with Gasteiger partial charge in [0.15, 0.2) is 0 Å². The van der Waals surface area contributed by atoms with Crippen molar-refractivity contribution < 1.29 is 9.84 Å². The van der Waals surface area contributed by atoms with E-state index in [2.05, 4.69) is 4.98 Å². The average Bonchev–Trinajstić information content (AvgIpc) is 2.40. The van der Waals surface area contributed by atoms with Crippen LogP contribution < -0.4 is 0 Å². The maximum atomic E-state index is 10.2. The average molecular weight is 229 g/mol. The Bertz CT molecular complexity index is 471. The van der Waals surface area contributed by atoms with E-state index in [4.69, 9.17) is 4.74 Å². The van der Waals surface area contributed by atoms with E-state index in [1.807, 2.05) is 36.4 Å². The van der Waals surface area contributed by atoms with Crippen LogP contribution in [0.3, 0.4) is 0 Å². The third kappa shape index (κ3) is 2.90. The van der Waals surface area contributed by atoms with E-state index in [-0.39, 0.29) is 0 Å². The minimum Gasteiger partial charge on any atom is -0.384 e. The maximum Gasteiger partial charge on any atom is 0.106 e. The van der Waals surface area contributed by atoms with Gasteiger partial charge in [0.05, 0.1) is 6.61 Å². The molecule has 1 unspecified atom stereocenters. The Kier molecular flexibility index (Phi) is 3.85. The van der Waals surface area contributed by atoms with E-state index in [9.17, 15) is 5.11 Å². The van der Waals surface area contributed by atoms with Crippen LogP contribution in [0.1, 0.15) is 22.8 Å². The number of hydrogen-bond acceptors (Lipinski definition) is 3. The Morgan fingerprint density at radius 1 is 1.24 bits per heavy atom. The van der Waals surface area contributed by atoms with Crippen molar-refractivity contribution in [3.63, 3.8) is 0 Å². The molecule has 0 bridgehead atoms. The molecule has 1 heterocycles. The molecular weight excluding hydrogens is 214 g/mol. The summed E-state index contributed by atoms with van der Waals surface area (Å²) in [5, 5.41) is 10.2. The molecule has 88 valence electrons. The van der Waals surface area contributed by atoms with Gasteiger partial charge in [0.2, 0.25) is 0 Å². The van der Waals surface area contributed by atoms with Crippen LogP contribution in [0.5, 0.6) is 0 Å². The third-order valence-electron chi connectivity index (χ3n) is 2.58. The van der Waals surface area contributed by atoms with Crippen LogP contribution in [-0.2, 0) is 11.3 Å². The van der Waals surface area contributed by atoms with Crippen molar-refractivity contribution >= 4 is 0 Å². The van der Waals surface area contributed by atoms with Gasteiger partial charge in [-0.1, -0.05) is 30.3 Å². The van der Waals surface area contributed by atoms with E-state index >= 15 is 0 Å². The monoisotopic (exact) mass is 229 g/mol. The SMILES string of the molecule is COCc1cccc(C(O)c2cccnc2)c1. The first kappa shape index (κ1) is 11.8. The van der Waals surface area contributed by atoms with Gasteiger partial charge < -0.3 is 9.84 Å². The second kappa shape index (κ2) is 5.57. The topological polar surface area (TPSA) is 42.4 Å². The van der Waals surface area contributed by atoms with Crippen LogP contribution in [-0.4, -0.2) is 17.2 Å². The molecule has 1 aromatic heterocycles. The summed E-state index contributed by atoms with van der Waals surface area (Å²) in [6.45, 7) is 0.549. The summed E-state index contributed by atoms with van der Waals surface area (Å²) in [7, 11) is 1.66.